The molecule has 96 valence electrons. The standard InChI is InChI=1S/C13H22N2OS/c1-5-15(6-2)13(16)9-14-8-12-7-10(3)17-11(12)4/h7,14H,5-6,8-9H2,1-4H3. The van der Waals surface area contributed by atoms with Crippen LogP contribution in [0.3, 0.4) is 0 Å². The van der Waals surface area contributed by atoms with Gasteiger partial charge in [0.25, 0.3) is 0 Å². The molecule has 1 N–H and O–H groups in total. The van der Waals surface area contributed by atoms with Crippen LogP contribution < -0.4 is 5.32 Å². The first-order valence-corrected chi connectivity index (χ1v) is 6.94. The van der Waals surface area contributed by atoms with Gasteiger partial charge in [-0.2, -0.15) is 0 Å². The van der Waals surface area contributed by atoms with Crippen molar-refractivity contribution in [2.45, 2.75) is 34.2 Å². The highest BCUT2D eigenvalue weighted by Crippen LogP contribution is 2.20. The lowest BCUT2D eigenvalue weighted by Gasteiger charge is -2.18. The molecular formula is C13H22N2OS. The smallest absolute Gasteiger partial charge is 0.236 e. The lowest BCUT2D eigenvalue weighted by molar-refractivity contribution is -0.129. The predicted molar refractivity (Wildman–Crippen MR) is 73.4 cm³/mol. The van der Waals surface area contributed by atoms with Crippen molar-refractivity contribution in [3.63, 3.8) is 0 Å². The van der Waals surface area contributed by atoms with Gasteiger partial charge in [-0.15, -0.1) is 11.3 Å². The van der Waals surface area contributed by atoms with Crippen LogP contribution in [0.5, 0.6) is 0 Å². The number of hydrogen-bond donors (Lipinski definition) is 1. The second-order valence-corrected chi connectivity index (χ2v) is 5.57. The van der Waals surface area contributed by atoms with E-state index in [0.717, 1.165) is 19.6 Å². The van der Waals surface area contributed by atoms with Crippen LogP contribution in [0.15, 0.2) is 6.07 Å². The molecule has 0 aliphatic rings. The highest BCUT2D eigenvalue weighted by molar-refractivity contribution is 7.12. The summed E-state index contributed by atoms with van der Waals surface area (Å²) in [6, 6.07) is 2.19. The van der Waals surface area contributed by atoms with Crippen molar-refractivity contribution in [2.24, 2.45) is 0 Å². The molecule has 0 aliphatic carbocycles. The molecule has 0 saturated carbocycles. The Hall–Kier alpha value is -0.870. The van der Waals surface area contributed by atoms with Gasteiger partial charge in [0.2, 0.25) is 5.91 Å². The zero-order valence-corrected chi connectivity index (χ0v) is 12.0. The van der Waals surface area contributed by atoms with Crippen LogP contribution in [0.1, 0.15) is 29.2 Å². The van der Waals surface area contributed by atoms with E-state index in [1.165, 1.54) is 15.3 Å². The quantitative estimate of drug-likeness (QED) is 0.845. The van der Waals surface area contributed by atoms with Crippen LogP contribution in [0.4, 0.5) is 0 Å². The molecule has 1 heterocycles. The fraction of sp³-hybridized carbons (Fsp3) is 0.615. The van der Waals surface area contributed by atoms with Gasteiger partial charge in [0.05, 0.1) is 6.54 Å². The molecule has 0 aromatic carbocycles. The average molecular weight is 254 g/mol. The molecule has 0 radical (unpaired) electrons. The number of nitrogens with zero attached hydrogens (tertiary/aromatic N) is 1. The Balaban J connectivity index is 2.37. The highest BCUT2D eigenvalue weighted by Gasteiger charge is 2.09. The van der Waals surface area contributed by atoms with Crippen molar-refractivity contribution in [1.82, 2.24) is 10.2 Å². The van der Waals surface area contributed by atoms with E-state index >= 15 is 0 Å². The molecule has 1 amide bonds. The van der Waals surface area contributed by atoms with Crippen LogP contribution in [0.2, 0.25) is 0 Å². The number of thiophene rings is 1. The summed E-state index contributed by atoms with van der Waals surface area (Å²) in [6.45, 7) is 11.0. The molecule has 1 aromatic rings. The van der Waals surface area contributed by atoms with Gasteiger partial charge >= 0.3 is 0 Å². The Morgan fingerprint density at radius 2 is 2.00 bits per heavy atom. The lowest BCUT2D eigenvalue weighted by Crippen LogP contribution is -2.37. The van der Waals surface area contributed by atoms with Crippen LogP contribution >= 0.6 is 11.3 Å². The fourth-order valence-electron chi connectivity index (χ4n) is 1.85. The molecule has 1 aromatic heterocycles. The van der Waals surface area contributed by atoms with Gasteiger partial charge in [-0.25, -0.2) is 0 Å². The van der Waals surface area contributed by atoms with Gasteiger partial charge in [0.1, 0.15) is 0 Å². The molecule has 0 saturated heterocycles. The average Bonchev–Trinajstić information content (AvgIpc) is 2.59. The molecule has 3 nitrogen and oxygen atoms in total. The number of carbonyl (C=O) groups is 1. The molecular weight excluding hydrogens is 232 g/mol. The number of rotatable bonds is 6. The molecule has 1 rings (SSSR count). The van der Waals surface area contributed by atoms with Crippen molar-refractivity contribution >= 4 is 17.2 Å². The first-order chi connectivity index (χ1) is 8.08. The van der Waals surface area contributed by atoms with Crippen LogP contribution in [0.25, 0.3) is 0 Å². The molecule has 0 aliphatic heterocycles. The van der Waals surface area contributed by atoms with E-state index in [9.17, 15) is 4.79 Å². The summed E-state index contributed by atoms with van der Waals surface area (Å²) in [4.78, 5) is 16.3. The molecule has 0 bridgehead atoms. The van der Waals surface area contributed by atoms with E-state index in [1.54, 1.807) is 0 Å². The third kappa shape index (κ3) is 4.13. The normalized spacial score (nSPS) is 10.6. The molecule has 0 spiro atoms. The van der Waals surface area contributed by atoms with Gasteiger partial charge < -0.3 is 10.2 Å². The molecule has 17 heavy (non-hydrogen) atoms. The summed E-state index contributed by atoms with van der Waals surface area (Å²) in [7, 11) is 0. The molecule has 4 heteroatoms. The van der Waals surface area contributed by atoms with E-state index in [0.29, 0.717) is 6.54 Å². The maximum Gasteiger partial charge on any atom is 0.236 e. The topological polar surface area (TPSA) is 32.3 Å². The minimum Gasteiger partial charge on any atom is -0.342 e. The Labute approximate surface area is 108 Å². The largest absolute Gasteiger partial charge is 0.342 e. The lowest BCUT2D eigenvalue weighted by atomic mass is 10.2. The predicted octanol–water partition coefficient (Wildman–Crippen LogP) is 2.32. The molecule has 0 atom stereocenters. The summed E-state index contributed by atoms with van der Waals surface area (Å²) < 4.78 is 0. The zero-order valence-electron chi connectivity index (χ0n) is 11.2. The van der Waals surface area contributed by atoms with Crippen LogP contribution in [0, 0.1) is 13.8 Å². The van der Waals surface area contributed by atoms with Crippen LogP contribution in [-0.2, 0) is 11.3 Å². The second-order valence-electron chi connectivity index (χ2n) is 4.11. The summed E-state index contributed by atoms with van der Waals surface area (Å²) in [6.07, 6.45) is 0. The monoisotopic (exact) mass is 254 g/mol. The van der Waals surface area contributed by atoms with Crippen molar-refractivity contribution in [1.29, 1.82) is 0 Å². The third-order valence-electron chi connectivity index (χ3n) is 2.85. The number of aryl methyl sites for hydroxylation is 2. The number of nitrogens with one attached hydrogen (secondary N) is 1. The van der Waals surface area contributed by atoms with E-state index in [1.807, 2.05) is 30.1 Å². The summed E-state index contributed by atoms with van der Waals surface area (Å²) in [5.74, 6) is 0.180. The summed E-state index contributed by atoms with van der Waals surface area (Å²) in [5.41, 5.74) is 1.31. The number of carbonyl (C=O) groups excluding carboxylic acids is 1. The van der Waals surface area contributed by atoms with E-state index in [-0.39, 0.29) is 5.91 Å². The van der Waals surface area contributed by atoms with Gasteiger partial charge in [-0.1, -0.05) is 0 Å². The fourth-order valence-corrected chi connectivity index (χ4v) is 2.80. The Morgan fingerprint density at radius 1 is 1.35 bits per heavy atom. The minimum absolute atomic E-state index is 0.180. The van der Waals surface area contributed by atoms with Crippen molar-refractivity contribution in [3.8, 4) is 0 Å². The maximum absolute atomic E-state index is 11.8. The van der Waals surface area contributed by atoms with Crippen molar-refractivity contribution in [3.05, 3.63) is 21.4 Å². The van der Waals surface area contributed by atoms with Crippen molar-refractivity contribution < 1.29 is 4.79 Å². The van der Waals surface area contributed by atoms with Crippen molar-refractivity contribution in [2.75, 3.05) is 19.6 Å². The first-order valence-electron chi connectivity index (χ1n) is 6.12. The Kier molecular flexibility index (Phi) is 5.65. The summed E-state index contributed by atoms with van der Waals surface area (Å²) in [5, 5.41) is 3.22. The van der Waals surface area contributed by atoms with Crippen LogP contribution in [-0.4, -0.2) is 30.4 Å². The second kappa shape index (κ2) is 6.77. The number of amides is 1. The van der Waals surface area contributed by atoms with E-state index < -0.39 is 0 Å². The third-order valence-corrected chi connectivity index (χ3v) is 3.86. The highest BCUT2D eigenvalue weighted by atomic mass is 32.1. The minimum atomic E-state index is 0.180. The van der Waals surface area contributed by atoms with E-state index in [2.05, 4.69) is 25.2 Å². The Bertz CT molecular complexity index is 369. The van der Waals surface area contributed by atoms with E-state index in [4.69, 9.17) is 0 Å². The van der Waals surface area contributed by atoms with Gasteiger partial charge in [-0.3, -0.25) is 4.79 Å². The van der Waals surface area contributed by atoms with Gasteiger partial charge in [0, 0.05) is 29.4 Å². The summed E-state index contributed by atoms with van der Waals surface area (Å²) >= 11 is 1.81. The molecule has 0 fully saturated rings. The SMILES string of the molecule is CCN(CC)C(=O)CNCc1cc(C)sc1C. The molecule has 0 unspecified atom stereocenters. The maximum atomic E-state index is 11.8. The number of hydrogen-bond acceptors (Lipinski definition) is 3. The number of likely N-dealkylation sites (N-methyl/N-ethyl adjacent to an activating group) is 1. The Morgan fingerprint density at radius 3 is 2.47 bits per heavy atom. The van der Waals surface area contributed by atoms with Gasteiger partial charge in [-0.05, 0) is 39.3 Å². The van der Waals surface area contributed by atoms with Gasteiger partial charge in [0.15, 0.2) is 0 Å². The first kappa shape index (κ1) is 14.2. The zero-order chi connectivity index (χ0) is 12.8.